The Hall–Kier alpha value is -1.60. The molecule has 1 rings (SSSR count). The highest BCUT2D eigenvalue weighted by molar-refractivity contribution is 7.89. The maximum Gasteiger partial charge on any atom is 0.322 e. The third-order valence-electron chi connectivity index (χ3n) is 3.19. The van der Waals surface area contributed by atoms with E-state index < -0.39 is 22.0 Å². The molecule has 0 radical (unpaired) electrons. The number of hydrogen-bond acceptors (Lipinski definition) is 4. The lowest BCUT2D eigenvalue weighted by molar-refractivity contribution is -0.140. The van der Waals surface area contributed by atoms with E-state index in [0.29, 0.717) is 0 Å². The zero-order valence-electron chi connectivity index (χ0n) is 12.9. The molecular formula is C14H22N2O4S. The van der Waals surface area contributed by atoms with Crippen molar-refractivity contribution in [3.05, 3.63) is 23.8 Å². The van der Waals surface area contributed by atoms with Crippen LogP contribution in [0.1, 0.15) is 19.4 Å². The number of aryl methyl sites for hydroxylation is 1. The second kappa shape index (κ2) is 6.44. The summed E-state index contributed by atoms with van der Waals surface area (Å²) in [7, 11) is -0.240. The molecule has 0 aliphatic rings. The molecule has 0 fully saturated rings. The van der Waals surface area contributed by atoms with Crippen molar-refractivity contribution >= 4 is 21.7 Å². The second-order valence-electron chi connectivity index (χ2n) is 5.52. The van der Waals surface area contributed by atoms with Crippen molar-refractivity contribution in [2.45, 2.75) is 31.7 Å². The number of carbonyl (C=O) groups is 1. The highest BCUT2D eigenvalue weighted by Crippen LogP contribution is 2.22. The lowest BCUT2D eigenvalue weighted by Crippen LogP contribution is -2.44. The Kier molecular flexibility index (Phi) is 5.36. The van der Waals surface area contributed by atoms with Gasteiger partial charge in [0, 0.05) is 19.8 Å². The number of rotatable bonds is 6. The Bertz CT molecular complexity index is 624. The molecule has 1 aromatic rings. The highest BCUT2D eigenvalue weighted by atomic mass is 32.2. The van der Waals surface area contributed by atoms with E-state index in [1.807, 2.05) is 25.9 Å². The van der Waals surface area contributed by atoms with Crippen LogP contribution in [0.4, 0.5) is 5.69 Å². The van der Waals surface area contributed by atoms with Gasteiger partial charge in [0.05, 0.1) is 4.90 Å². The van der Waals surface area contributed by atoms with Crippen LogP contribution in [0.5, 0.6) is 0 Å². The van der Waals surface area contributed by atoms with Crippen LogP contribution >= 0.6 is 0 Å². The first kappa shape index (κ1) is 17.5. The minimum Gasteiger partial charge on any atom is -0.480 e. The SMILES string of the molecule is Cc1ccc(S(=O)(=O)NC(C(=O)O)C(C)C)cc1N(C)C. The topological polar surface area (TPSA) is 86.7 Å². The number of hydrogen-bond donors (Lipinski definition) is 2. The van der Waals surface area contributed by atoms with E-state index in [4.69, 9.17) is 5.11 Å². The van der Waals surface area contributed by atoms with E-state index in [9.17, 15) is 13.2 Å². The number of anilines is 1. The van der Waals surface area contributed by atoms with Gasteiger partial charge < -0.3 is 10.0 Å². The normalized spacial score (nSPS) is 13.2. The number of carboxylic acid groups (broad SMARTS) is 1. The van der Waals surface area contributed by atoms with Gasteiger partial charge in [-0.05, 0) is 30.5 Å². The second-order valence-corrected chi connectivity index (χ2v) is 7.24. The summed E-state index contributed by atoms with van der Waals surface area (Å²) < 4.78 is 26.9. The molecule has 1 aromatic carbocycles. The van der Waals surface area contributed by atoms with Gasteiger partial charge in [-0.1, -0.05) is 19.9 Å². The van der Waals surface area contributed by atoms with Crippen LogP contribution in [0.2, 0.25) is 0 Å². The largest absolute Gasteiger partial charge is 0.480 e. The molecule has 6 nitrogen and oxygen atoms in total. The first-order valence-electron chi connectivity index (χ1n) is 6.59. The van der Waals surface area contributed by atoms with Crippen molar-refractivity contribution in [1.82, 2.24) is 4.72 Å². The molecule has 0 heterocycles. The lowest BCUT2D eigenvalue weighted by atomic mass is 10.1. The Morgan fingerprint density at radius 3 is 2.29 bits per heavy atom. The van der Waals surface area contributed by atoms with Crippen molar-refractivity contribution in [1.29, 1.82) is 0 Å². The molecule has 21 heavy (non-hydrogen) atoms. The van der Waals surface area contributed by atoms with Gasteiger partial charge in [0.15, 0.2) is 0 Å². The summed E-state index contributed by atoms with van der Waals surface area (Å²) in [5.74, 6) is -1.54. The minimum atomic E-state index is -3.88. The third-order valence-corrected chi connectivity index (χ3v) is 4.63. The maximum absolute atomic E-state index is 12.3. The van der Waals surface area contributed by atoms with Crippen LogP contribution in [-0.2, 0) is 14.8 Å². The van der Waals surface area contributed by atoms with Crippen molar-refractivity contribution in [3.63, 3.8) is 0 Å². The number of aliphatic carboxylic acids is 1. The summed E-state index contributed by atoms with van der Waals surface area (Å²) in [6.07, 6.45) is 0. The molecule has 118 valence electrons. The molecule has 0 saturated heterocycles. The quantitative estimate of drug-likeness (QED) is 0.830. The number of sulfonamides is 1. The molecular weight excluding hydrogens is 292 g/mol. The van der Waals surface area contributed by atoms with Gasteiger partial charge in [-0.25, -0.2) is 8.42 Å². The van der Waals surface area contributed by atoms with Crippen molar-refractivity contribution in [2.75, 3.05) is 19.0 Å². The van der Waals surface area contributed by atoms with Crippen LogP contribution in [0.25, 0.3) is 0 Å². The fourth-order valence-electron chi connectivity index (χ4n) is 1.95. The molecule has 0 bridgehead atoms. The summed E-state index contributed by atoms with van der Waals surface area (Å²) >= 11 is 0. The fourth-order valence-corrected chi connectivity index (χ4v) is 3.30. The van der Waals surface area contributed by atoms with Crippen LogP contribution in [-0.4, -0.2) is 39.6 Å². The van der Waals surface area contributed by atoms with Gasteiger partial charge in [0.25, 0.3) is 0 Å². The average Bonchev–Trinajstić information content (AvgIpc) is 2.35. The smallest absolute Gasteiger partial charge is 0.322 e. The van der Waals surface area contributed by atoms with E-state index in [1.165, 1.54) is 12.1 Å². The van der Waals surface area contributed by atoms with Crippen LogP contribution in [0.3, 0.4) is 0 Å². The van der Waals surface area contributed by atoms with Gasteiger partial charge in [-0.15, -0.1) is 0 Å². The van der Waals surface area contributed by atoms with Crippen LogP contribution < -0.4 is 9.62 Å². The number of nitrogens with one attached hydrogen (secondary N) is 1. The lowest BCUT2D eigenvalue weighted by Gasteiger charge is -2.20. The van der Waals surface area contributed by atoms with E-state index in [2.05, 4.69) is 4.72 Å². The Morgan fingerprint density at radius 1 is 1.29 bits per heavy atom. The molecule has 1 atom stereocenters. The van der Waals surface area contributed by atoms with Crippen molar-refractivity contribution < 1.29 is 18.3 Å². The van der Waals surface area contributed by atoms with E-state index >= 15 is 0 Å². The van der Waals surface area contributed by atoms with Crippen LogP contribution in [0.15, 0.2) is 23.1 Å². The zero-order valence-corrected chi connectivity index (χ0v) is 13.7. The molecule has 0 aromatic heterocycles. The molecule has 2 N–H and O–H groups in total. The van der Waals surface area contributed by atoms with Gasteiger partial charge in [0.1, 0.15) is 6.04 Å². The van der Waals surface area contributed by atoms with Crippen LogP contribution in [0, 0.1) is 12.8 Å². The highest BCUT2D eigenvalue weighted by Gasteiger charge is 2.28. The molecule has 1 unspecified atom stereocenters. The number of carboxylic acids is 1. The summed E-state index contributed by atoms with van der Waals surface area (Å²) in [5, 5.41) is 9.11. The van der Waals surface area contributed by atoms with Gasteiger partial charge in [-0.2, -0.15) is 4.72 Å². The minimum absolute atomic E-state index is 0.0590. The predicted molar refractivity (Wildman–Crippen MR) is 82.1 cm³/mol. The van der Waals surface area contributed by atoms with E-state index in [0.717, 1.165) is 11.3 Å². The Morgan fingerprint density at radius 2 is 1.86 bits per heavy atom. The zero-order chi connectivity index (χ0) is 16.4. The molecule has 0 aliphatic carbocycles. The van der Waals surface area contributed by atoms with E-state index in [-0.39, 0.29) is 10.8 Å². The summed E-state index contributed by atoms with van der Waals surface area (Å²) in [5.41, 5.74) is 1.71. The molecule has 0 spiro atoms. The van der Waals surface area contributed by atoms with Crippen molar-refractivity contribution in [3.8, 4) is 0 Å². The summed E-state index contributed by atoms with van der Waals surface area (Å²) in [6.45, 7) is 5.19. The summed E-state index contributed by atoms with van der Waals surface area (Å²) in [6, 6.07) is 3.56. The molecule has 7 heteroatoms. The average molecular weight is 314 g/mol. The van der Waals surface area contributed by atoms with Crippen molar-refractivity contribution in [2.24, 2.45) is 5.92 Å². The summed E-state index contributed by atoms with van der Waals surface area (Å²) in [4.78, 5) is 13.0. The van der Waals surface area contributed by atoms with Gasteiger partial charge in [0.2, 0.25) is 10.0 Å². The fraction of sp³-hybridized carbons (Fsp3) is 0.500. The maximum atomic E-state index is 12.3. The number of nitrogens with zero attached hydrogens (tertiary/aromatic N) is 1. The standard InChI is InChI=1S/C14H22N2O4S/c1-9(2)13(14(17)18)15-21(19,20)11-7-6-10(3)12(8-11)16(4)5/h6-9,13,15H,1-5H3,(H,17,18). The molecule has 0 aliphatic heterocycles. The number of benzene rings is 1. The van der Waals surface area contributed by atoms with Gasteiger partial charge in [-0.3, -0.25) is 4.79 Å². The monoisotopic (exact) mass is 314 g/mol. The first-order valence-corrected chi connectivity index (χ1v) is 8.07. The third kappa shape index (κ3) is 4.18. The van der Waals surface area contributed by atoms with E-state index in [1.54, 1.807) is 19.9 Å². The predicted octanol–water partition coefficient (Wildman–Crippen LogP) is 1.45. The Balaban J connectivity index is 3.19. The Labute approximate surface area is 125 Å². The molecule has 0 amide bonds. The first-order chi connectivity index (χ1) is 9.56. The molecule has 0 saturated carbocycles. The van der Waals surface area contributed by atoms with Gasteiger partial charge >= 0.3 is 5.97 Å².